The quantitative estimate of drug-likeness (QED) is 0.673. The van der Waals surface area contributed by atoms with Crippen LogP contribution < -0.4 is 0 Å². The van der Waals surface area contributed by atoms with Crippen molar-refractivity contribution in [1.82, 2.24) is 0 Å². The van der Waals surface area contributed by atoms with Gasteiger partial charge in [0.1, 0.15) is 5.60 Å². The maximum Gasteiger partial charge on any atom is 0.169 e. The van der Waals surface area contributed by atoms with Gasteiger partial charge in [0, 0.05) is 16.7 Å². The average Bonchev–Trinajstić information content (AvgIpc) is 3.45. The largest absolute Gasteiger partial charge is 0.393 e. The Balaban J connectivity index is 1.33. The molecule has 11 atom stereocenters. The second kappa shape index (κ2) is 4.67. The zero-order valence-electron chi connectivity index (χ0n) is 17.3. The molecule has 5 heteroatoms. The van der Waals surface area contributed by atoms with Crippen LogP contribution in [0.3, 0.4) is 0 Å². The number of aliphatic hydroxyl groups excluding tert-OH is 2. The standard InChI is InChI=1S/C23H34O5/c1-19-5-4-12-11-22(12,19)17(25)9-14-13(19)8-16(24)20(2)15(10-18-23(14,20)28-18)21(3)26-6-7-27-21/h12-18,24-25H,4-11H2,1-3H3/t12-,13?,14?,15?,16+,17+,18+,19+,20-,22?,23+/m0/s1. The third-order valence-electron chi connectivity index (χ3n) is 11.6. The van der Waals surface area contributed by atoms with Crippen molar-refractivity contribution in [3.63, 3.8) is 0 Å². The molecule has 7 aliphatic rings. The number of hydrogen-bond acceptors (Lipinski definition) is 5. The molecular weight excluding hydrogens is 356 g/mol. The minimum Gasteiger partial charge on any atom is -0.393 e. The number of fused-ring (bicyclic) bond motifs is 2. The first-order chi connectivity index (χ1) is 13.2. The van der Waals surface area contributed by atoms with Crippen molar-refractivity contribution < 1.29 is 24.4 Å². The normalized spacial score (nSPS) is 67.8. The molecule has 2 aliphatic heterocycles. The van der Waals surface area contributed by atoms with Crippen LogP contribution in [0.1, 0.15) is 59.3 Å². The second-order valence-corrected chi connectivity index (χ2v) is 11.8. The van der Waals surface area contributed by atoms with Crippen LogP contribution in [0.4, 0.5) is 0 Å². The lowest BCUT2D eigenvalue weighted by molar-refractivity contribution is -0.263. The zero-order chi connectivity index (χ0) is 19.3. The van der Waals surface area contributed by atoms with Gasteiger partial charge in [-0.05, 0) is 68.6 Å². The van der Waals surface area contributed by atoms with Crippen LogP contribution in [0, 0.1) is 39.9 Å². The Morgan fingerprint density at radius 2 is 1.61 bits per heavy atom. The van der Waals surface area contributed by atoms with E-state index in [9.17, 15) is 10.2 Å². The Kier molecular flexibility index (Phi) is 2.92. The fraction of sp³-hybridized carbons (Fsp3) is 1.00. The van der Waals surface area contributed by atoms with Crippen LogP contribution in [0.15, 0.2) is 0 Å². The highest BCUT2D eigenvalue weighted by Gasteiger charge is 2.87. The molecule has 0 aromatic carbocycles. The van der Waals surface area contributed by atoms with Gasteiger partial charge in [-0.2, -0.15) is 0 Å². The molecule has 0 aromatic rings. The summed E-state index contributed by atoms with van der Waals surface area (Å²) in [6.07, 6.45) is 5.79. The number of aliphatic hydroxyl groups is 2. The van der Waals surface area contributed by atoms with Crippen LogP contribution in [0.2, 0.25) is 0 Å². The van der Waals surface area contributed by atoms with Crippen molar-refractivity contribution in [3.8, 4) is 0 Å². The Labute approximate surface area is 167 Å². The Morgan fingerprint density at radius 3 is 2.32 bits per heavy atom. The third-order valence-corrected chi connectivity index (χ3v) is 11.6. The van der Waals surface area contributed by atoms with Gasteiger partial charge < -0.3 is 24.4 Å². The Hall–Kier alpha value is -0.200. The van der Waals surface area contributed by atoms with Crippen molar-refractivity contribution in [2.24, 2.45) is 39.9 Å². The molecule has 2 spiro atoms. The average molecular weight is 391 g/mol. The van der Waals surface area contributed by atoms with Crippen LogP contribution in [-0.4, -0.2) is 53.1 Å². The highest BCUT2D eigenvalue weighted by atomic mass is 16.7. The highest BCUT2D eigenvalue weighted by molar-refractivity contribution is 5.35. The van der Waals surface area contributed by atoms with Gasteiger partial charge in [0.2, 0.25) is 0 Å². The molecule has 0 bridgehead atoms. The Morgan fingerprint density at radius 1 is 0.893 bits per heavy atom. The van der Waals surface area contributed by atoms with E-state index in [-0.39, 0.29) is 40.0 Å². The summed E-state index contributed by atoms with van der Waals surface area (Å²) in [5.74, 6) is 1.01. The molecule has 0 amide bonds. The van der Waals surface area contributed by atoms with Crippen molar-refractivity contribution >= 4 is 0 Å². The maximum absolute atomic E-state index is 11.7. The summed E-state index contributed by atoms with van der Waals surface area (Å²) < 4.78 is 18.7. The molecule has 5 nitrogen and oxygen atoms in total. The summed E-state index contributed by atoms with van der Waals surface area (Å²) in [7, 11) is 0. The van der Waals surface area contributed by atoms with Crippen molar-refractivity contribution in [3.05, 3.63) is 0 Å². The minimum atomic E-state index is -0.625. The molecule has 7 fully saturated rings. The molecule has 5 saturated carbocycles. The highest BCUT2D eigenvalue weighted by Crippen LogP contribution is 2.84. The van der Waals surface area contributed by atoms with Gasteiger partial charge in [0.25, 0.3) is 0 Å². The van der Waals surface area contributed by atoms with E-state index in [2.05, 4.69) is 20.8 Å². The van der Waals surface area contributed by atoms with Gasteiger partial charge in [-0.15, -0.1) is 0 Å². The predicted octanol–water partition coefficient (Wildman–Crippen LogP) is 2.48. The summed E-state index contributed by atoms with van der Waals surface area (Å²) in [4.78, 5) is 0. The molecule has 5 aliphatic carbocycles. The van der Waals surface area contributed by atoms with Gasteiger partial charge in [-0.25, -0.2) is 0 Å². The van der Waals surface area contributed by atoms with E-state index in [1.54, 1.807) is 0 Å². The second-order valence-electron chi connectivity index (χ2n) is 11.8. The maximum atomic E-state index is 11.7. The summed E-state index contributed by atoms with van der Waals surface area (Å²) in [5.41, 5.74) is -0.406. The molecule has 2 saturated heterocycles. The van der Waals surface area contributed by atoms with Crippen LogP contribution in [0.25, 0.3) is 0 Å². The lowest BCUT2D eigenvalue weighted by atomic mass is 9.44. The van der Waals surface area contributed by atoms with E-state index < -0.39 is 11.9 Å². The van der Waals surface area contributed by atoms with Crippen molar-refractivity contribution in [2.45, 2.75) is 89.0 Å². The van der Waals surface area contributed by atoms with E-state index in [1.165, 1.54) is 19.3 Å². The fourth-order valence-electron chi connectivity index (χ4n) is 10.2. The first kappa shape index (κ1) is 17.5. The number of rotatable bonds is 1. The van der Waals surface area contributed by atoms with Crippen LogP contribution >= 0.6 is 0 Å². The van der Waals surface area contributed by atoms with Gasteiger partial charge >= 0.3 is 0 Å². The fourth-order valence-corrected chi connectivity index (χ4v) is 10.2. The first-order valence-electron chi connectivity index (χ1n) is 11.6. The first-order valence-corrected chi connectivity index (χ1v) is 11.6. The number of ether oxygens (including phenoxy) is 3. The van der Waals surface area contributed by atoms with Crippen LogP contribution in [0.5, 0.6) is 0 Å². The van der Waals surface area contributed by atoms with Gasteiger partial charge in [0.05, 0.1) is 31.5 Å². The summed E-state index contributed by atoms with van der Waals surface area (Å²) in [6, 6.07) is 0. The van der Waals surface area contributed by atoms with Gasteiger partial charge in [-0.1, -0.05) is 13.8 Å². The van der Waals surface area contributed by atoms with Crippen LogP contribution in [-0.2, 0) is 14.2 Å². The van der Waals surface area contributed by atoms with E-state index in [1.807, 2.05) is 0 Å². The van der Waals surface area contributed by atoms with Crippen molar-refractivity contribution in [2.75, 3.05) is 13.2 Å². The summed E-state index contributed by atoms with van der Waals surface area (Å²) in [6.45, 7) is 7.98. The van der Waals surface area contributed by atoms with E-state index >= 15 is 0 Å². The Bertz CT molecular complexity index is 749. The molecule has 156 valence electrons. The molecule has 2 heterocycles. The predicted molar refractivity (Wildman–Crippen MR) is 100 cm³/mol. The van der Waals surface area contributed by atoms with Gasteiger partial charge in [0.15, 0.2) is 5.79 Å². The van der Waals surface area contributed by atoms with E-state index in [0.29, 0.717) is 31.0 Å². The van der Waals surface area contributed by atoms with Gasteiger partial charge in [-0.3, -0.25) is 0 Å². The lowest BCUT2D eigenvalue weighted by Crippen LogP contribution is -2.66. The van der Waals surface area contributed by atoms with Crippen molar-refractivity contribution in [1.29, 1.82) is 0 Å². The topological polar surface area (TPSA) is 71.5 Å². The third kappa shape index (κ3) is 1.50. The molecular formula is C23H34O5. The summed E-state index contributed by atoms with van der Waals surface area (Å²) >= 11 is 0. The number of epoxide rings is 1. The monoisotopic (exact) mass is 390 g/mol. The molecule has 28 heavy (non-hydrogen) atoms. The SMILES string of the molecule is CC1(C2C[C@H]3O[C@]34C3C[C@@H](O)C56C[C@@H]5CC[C@]6(C)C3C[C@@H](O)[C@]24C)OCCO1. The minimum absolute atomic E-state index is 0.129. The van der Waals surface area contributed by atoms with E-state index in [0.717, 1.165) is 19.3 Å². The van der Waals surface area contributed by atoms with E-state index in [4.69, 9.17) is 14.2 Å². The molecule has 4 unspecified atom stereocenters. The molecule has 7 rings (SSSR count). The lowest BCUT2D eigenvalue weighted by Gasteiger charge is -2.62. The zero-order valence-corrected chi connectivity index (χ0v) is 17.3. The number of hydrogen-bond donors (Lipinski definition) is 2. The molecule has 2 N–H and O–H groups in total. The molecule has 0 radical (unpaired) electrons. The summed E-state index contributed by atoms with van der Waals surface area (Å²) in [5, 5.41) is 23.0. The molecule has 0 aromatic heterocycles. The smallest absolute Gasteiger partial charge is 0.169 e.